The van der Waals surface area contributed by atoms with Gasteiger partial charge < -0.3 is 4.74 Å². The monoisotopic (exact) mass is 364 g/mol. The molecule has 0 saturated carbocycles. The zero-order valence-corrected chi connectivity index (χ0v) is 13.6. The molecule has 3 nitrogen and oxygen atoms in total. The van der Waals surface area contributed by atoms with Gasteiger partial charge in [-0.15, -0.1) is 0 Å². The molecule has 3 unspecified atom stereocenters. The van der Waals surface area contributed by atoms with Crippen molar-refractivity contribution in [2.45, 2.75) is 37.4 Å². The van der Waals surface area contributed by atoms with E-state index in [0.717, 1.165) is 40.8 Å². The van der Waals surface area contributed by atoms with Crippen LogP contribution in [-0.4, -0.2) is 22.2 Å². The minimum absolute atomic E-state index is 0.260. The molecule has 1 aromatic heterocycles. The molecule has 2 aliphatic heterocycles. The van der Waals surface area contributed by atoms with Crippen LogP contribution in [0.1, 0.15) is 31.0 Å². The summed E-state index contributed by atoms with van der Waals surface area (Å²) in [6, 6.07) is 10.1. The fourth-order valence-corrected chi connectivity index (χ4v) is 3.88. The Kier molecular flexibility index (Phi) is 3.48. The summed E-state index contributed by atoms with van der Waals surface area (Å²) in [6.07, 6.45) is 3.92. The summed E-state index contributed by atoms with van der Waals surface area (Å²) < 4.78 is 6.67. The maximum atomic E-state index is 6.31. The van der Waals surface area contributed by atoms with E-state index >= 15 is 0 Å². The summed E-state index contributed by atoms with van der Waals surface area (Å²) in [5.41, 5.74) is 1.90. The van der Waals surface area contributed by atoms with Crippen LogP contribution < -0.4 is 0 Å². The number of hydrogen-bond acceptors (Lipinski definition) is 3. The molecule has 0 amide bonds. The van der Waals surface area contributed by atoms with Crippen molar-refractivity contribution >= 4 is 27.5 Å². The van der Waals surface area contributed by atoms with Gasteiger partial charge in [0, 0.05) is 11.5 Å². The molecule has 3 atom stereocenters. The minimum Gasteiger partial charge on any atom is -0.374 e. The molecule has 108 valence electrons. The van der Waals surface area contributed by atoms with Crippen LogP contribution >= 0.6 is 27.5 Å². The number of aromatic nitrogens is 2. The lowest BCUT2D eigenvalue weighted by Crippen LogP contribution is -2.17. The third-order valence-corrected chi connectivity index (χ3v) is 5.57. The van der Waals surface area contributed by atoms with Gasteiger partial charge in [0.2, 0.25) is 0 Å². The van der Waals surface area contributed by atoms with Crippen molar-refractivity contribution in [2.24, 2.45) is 0 Å². The van der Waals surface area contributed by atoms with Crippen LogP contribution in [-0.2, 0) is 4.74 Å². The highest BCUT2D eigenvalue weighted by Gasteiger charge is 2.43. The standard InChI is InChI=1S/C16H14BrClN2O/c17-13-14(9-4-2-1-3-5-9)19-16(20-15(13)18)11-8-10-6-7-12(11)21-10/h1-5,10-12H,6-8H2. The molecule has 0 spiro atoms. The highest BCUT2D eigenvalue weighted by atomic mass is 79.9. The highest BCUT2D eigenvalue weighted by Crippen LogP contribution is 2.44. The SMILES string of the molecule is Clc1nc(C2CC3CCC2O3)nc(-c2ccccc2)c1Br. The normalized spacial score (nSPS) is 27.2. The van der Waals surface area contributed by atoms with E-state index in [0.29, 0.717) is 11.3 Å². The molecular formula is C16H14BrClN2O. The molecule has 2 saturated heterocycles. The maximum Gasteiger partial charge on any atom is 0.147 e. The van der Waals surface area contributed by atoms with Crippen LogP contribution in [0.5, 0.6) is 0 Å². The highest BCUT2D eigenvalue weighted by molar-refractivity contribution is 9.10. The number of ether oxygens (including phenoxy) is 1. The molecular weight excluding hydrogens is 352 g/mol. The van der Waals surface area contributed by atoms with Crippen molar-refractivity contribution in [3.05, 3.63) is 45.8 Å². The number of nitrogens with zero attached hydrogens (tertiary/aromatic N) is 2. The fraction of sp³-hybridized carbons (Fsp3) is 0.375. The van der Waals surface area contributed by atoms with E-state index in [-0.39, 0.29) is 12.0 Å². The molecule has 4 rings (SSSR count). The van der Waals surface area contributed by atoms with Gasteiger partial charge in [-0.2, -0.15) is 0 Å². The lowest BCUT2D eigenvalue weighted by molar-refractivity contribution is 0.0999. The Morgan fingerprint density at radius 1 is 1.14 bits per heavy atom. The second-order valence-corrected chi connectivity index (χ2v) is 6.77. The van der Waals surface area contributed by atoms with Crippen molar-refractivity contribution < 1.29 is 4.74 Å². The first kappa shape index (κ1) is 13.7. The van der Waals surface area contributed by atoms with E-state index in [2.05, 4.69) is 20.9 Å². The number of benzene rings is 1. The molecule has 2 aromatic rings. The zero-order valence-electron chi connectivity index (χ0n) is 11.3. The topological polar surface area (TPSA) is 35.0 Å². The molecule has 5 heteroatoms. The van der Waals surface area contributed by atoms with Gasteiger partial charge in [-0.05, 0) is 35.2 Å². The molecule has 2 fully saturated rings. The maximum absolute atomic E-state index is 6.31. The van der Waals surface area contributed by atoms with Gasteiger partial charge in [0.1, 0.15) is 11.0 Å². The molecule has 2 bridgehead atoms. The summed E-state index contributed by atoms with van der Waals surface area (Å²) in [5, 5.41) is 0.474. The predicted octanol–water partition coefficient (Wildman–Crippen LogP) is 4.59. The number of rotatable bonds is 2. The fourth-order valence-electron chi connectivity index (χ4n) is 3.30. The molecule has 2 aliphatic rings. The predicted molar refractivity (Wildman–Crippen MR) is 85.4 cm³/mol. The molecule has 0 aliphatic carbocycles. The lowest BCUT2D eigenvalue weighted by atomic mass is 9.88. The van der Waals surface area contributed by atoms with Crippen molar-refractivity contribution in [3.63, 3.8) is 0 Å². The Balaban J connectivity index is 1.78. The summed E-state index contributed by atoms with van der Waals surface area (Å²) >= 11 is 9.82. The first-order valence-electron chi connectivity index (χ1n) is 7.16. The smallest absolute Gasteiger partial charge is 0.147 e. The molecule has 21 heavy (non-hydrogen) atoms. The van der Waals surface area contributed by atoms with Gasteiger partial charge in [0.05, 0.1) is 22.4 Å². The van der Waals surface area contributed by atoms with Gasteiger partial charge in [-0.3, -0.25) is 0 Å². The van der Waals surface area contributed by atoms with Gasteiger partial charge in [0.15, 0.2) is 0 Å². The average Bonchev–Trinajstić information content (AvgIpc) is 3.13. The van der Waals surface area contributed by atoms with Crippen LogP contribution in [0.25, 0.3) is 11.3 Å². The van der Waals surface area contributed by atoms with E-state index in [1.54, 1.807) is 0 Å². The Morgan fingerprint density at radius 2 is 1.95 bits per heavy atom. The Labute approximate surface area is 136 Å². The average molecular weight is 366 g/mol. The summed E-state index contributed by atoms with van der Waals surface area (Å²) in [4.78, 5) is 9.27. The molecule has 1 aromatic carbocycles. The summed E-state index contributed by atoms with van der Waals surface area (Å²) in [6.45, 7) is 0. The quantitative estimate of drug-likeness (QED) is 0.730. The van der Waals surface area contributed by atoms with Crippen LogP contribution in [0.4, 0.5) is 0 Å². The Bertz CT molecular complexity index is 679. The number of hydrogen-bond donors (Lipinski definition) is 0. The zero-order chi connectivity index (χ0) is 14.4. The molecule has 0 radical (unpaired) electrons. The Morgan fingerprint density at radius 3 is 2.62 bits per heavy atom. The molecule has 3 heterocycles. The van der Waals surface area contributed by atoms with Crippen molar-refractivity contribution in [3.8, 4) is 11.3 Å². The minimum atomic E-state index is 0.260. The number of halogens is 2. The number of fused-ring (bicyclic) bond motifs is 2. The van der Waals surface area contributed by atoms with Gasteiger partial charge in [-0.1, -0.05) is 41.9 Å². The van der Waals surface area contributed by atoms with E-state index in [1.165, 1.54) is 0 Å². The third-order valence-electron chi connectivity index (χ3n) is 4.31. The van der Waals surface area contributed by atoms with Crippen molar-refractivity contribution in [2.75, 3.05) is 0 Å². The summed E-state index contributed by atoms with van der Waals surface area (Å²) in [7, 11) is 0. The largest absolute Gasteiger partial charge is 0.374 e. The second kappa shape index (κ2) is 5.34. The van der Waals surface area contributed by atoms with E-state index < -0.39 is 0 Å². The van der Waals surface area contributed by atoms with Crippen LogP contribution in [0.2, 0.25) is 5.15 Å². The van der Waals surface area contributed by atoms with Crippen LogP contribution in [0, 0.1) is 0 Å². The third kappa shape index (κ3) is 2.39. The molecule has 0 N–H and O–H groups in total. The van der Waals surface area contributed by atoms with Gasteiger partial charge in [0.25, 0.3) is 0 Å². The van der Waals surface area contributed by atoms with Crippen LogP contribution in [0.3, 0.4) is 0 Å². The van der Waals surface area contributed by atoms with E-state index in [4.69, 9.17) is 21.3 Å². The first-order valence-corrected chi connectivity index (χ1v) is 8.33. The summed E-state index contributed by atoms with van der Waals surface area (Å²) in [5.74, 6) is 1.09. The van der Waals surface area contributed by atoms with Gasteiger partial charge in [-0.25, -0.2) is 9.97 Å². The van der Waals surface area contributed by atoms with E-state index in [1.807, 2.05) is 30.3 Å². The van der Waals surface area contributed by atoms with E-state index in [9.17, 15) is 0 Å². The van der Waals surface area contributed by atoms with Gasteiger partial charge >= 0.3 is 0 Å². The van der Waals surface area contributed by atoms with Crippen molar-refractivity contribution in [1.29, 1.82) is 0 Å². The second-order valence-electron chi connectivity index (χ2n) is 5.62. The first-order chi connectivity index (χ1) is 10.2. The lowest BCUT2D eigenvalue weighted by Gasteiger charge is -2.18. The van der Waals surface area contributed by atoms with Crippen molar-refractivity contribution in [1.82, 2.24) is 9.97 Å². The van der Waals surface area contributed by atoms with Crippen LogP contribution in [0.15, 0.2) is 34.8 Å². The Hall–Kier alpha value is -0.970.